The minimum absolute atomic E-state index is 0.0614. The van der Waals surface area contributed by atoms with Gasteiger partial charge in [-0.25, -0.2) is 14.2 Å². The first-order valence-electron chi connectivity index (χ1n) is 21.6. The summed E-state index contributed by atoms with van der Waals surface area (Å²) in [6.07, 6.45) is -3.01. The number of carbonyl (C=O) groups excluding carboxylic acids is 3. The zero-order valence-corrected chi connectivity index (χ0v) is 40.0. The summed E-state index contributed by atoms with van der Waals surface area (Å²) in [5, 5.41) is 54.5. The van der Waals surface area contributed by atoms with E-state index in [-0.39, 0.29) is 12.0 Å². The van der Waals surface area contributed by atoms with Crippen molar-refractivity contribution in [2.75, 3.05) is 19.8 Å². The summed E-state index contributed by atoms with van der Waals surface area (Å²) in [6.45, 7) is 16.5. The van der Waals surface area contributed by atoms with Gasteiger partial charge in [-0.1, -0.05) is 73.1 Å². The number of nitrogens with one attached hydrogen (secondary N) is 1. The molecule has 2 heterocycles. The number of hydrogen-bond acceptors (Lipinski definition) is 16. The fraction of sp³-hybridized carbons (Fsp3) is 0.682. The third-order valence-electron chi connectivity index (χ3n) is 10.8. The van der Waals surface area contributed by atoms with Crippen molar-refractivity contribution in [3.05, 3.63) is 59.3 Å². The van der Waals surface area contributed by atoms with E-state index in [0.717, 1.165) is 51.5 Å². The van der Waals surface area contributed by atoms with E-state index in [9.17, 15) is 54.2 Å². The summed E-state index contributed by atoms with van der Waals surface area (Å²) >= 11 is 0. The lowest BCUT2D eigenvalue weighted by Crippen LogP contribution is -2.71. The van der Waals surface area contributed by atoms with Crippen LogP contribution in [0, 0.1) is 5.41 Å². The quantitative estimate of drug-likeness (QED) is 0.0422. The molecule has 2 fully saturated rings. The maximum absolute atomic E-state index is 13.4. The summed E-state index contributed by atoms with van der Waals surface area (Å²) in [4.78, 5) is 59.5. The molecule has 66 heavy (non-hydrogen) atoms. The van der Waals surface area contributed by atoms with E-state index >= 15 is 0 Å². The Kier molecular flexibility index (Phi) is 23.5. The van der Waals surface area contributed by atoms with Crippen molar-refractivity contribution < 1.29 is 86.9 Å². The maximum Gasteiger partial charge on any atom is 0.474 e. The number of aliphatic carboxylic acids is 1. The number of aliphatic hydroxyl groups excluding tert-OH is 3. The molecule has 0 aliphatic carbocycles. The molecule has 0 spiro atoms. The topological polar surface area (TPSA) is 335 Å². The molecule has 22 heteroatoms. The van der Waals surface area contributed by atoms with E-state index in [4.69, 9.17) is 44.2 Å². The number of nitrogens with two attached hydrogens (primary N) is 2. The Balaban J connectivity index is 2.12. The van der Waals surface area contributed by atoms with Gasteiger partial charge in [0.25, 0.3) is 0 Å². The number of carbonyl (C=O) groups is 4. The molecule has 2 saturated heterocycles. The number of aliphatic hydroxyl groups is 4. The van der Waals surface area contributed by atoms with Gasteiger partial charge in [-0.2, -0.15) is 0 Å². The van der Waals surface area contributed by atoms with Crippen LogP contribution in [-0.2, 0) is 51.7 Å². The van der Waals surface area contributed by atoms with Crippen LogP contribution < -0.4 is 16.8 Å². The molecule has 0 saturated carbocycles. The monoisotopic (exact) mass is 961 g/mol. The van der Waals surface area contributed by atoms with Gasteiger partial charge < -0.3 is 70.9 Å². The van der Waals surface area contributed by atoms with E-state index in [1.54, 1.807) is 6.08 Å². The molecule has 0 aromatic carbocycles. The maximum atomic E-state index is 13.4. The van der Waals surface area contributed by atoms with Gasteiger partial charge in [0, 0.05) is 6.92 Å². The van der Waals surface area contributed by atoms with Crippen LogP contribution in [0.4, 0.5) is 4.79 Å². The van der Waals surface area contributed by atoms with Crippen LogP contribution in [0.5, 0.6) is 0 Å². The van der Waals surface area contributed by atoms with E-state index in [1.165, 1.54) is 16.7 Å². The smallest absolute Gasteiger partial charge is 0.474 e. The van der Waals surface area contributed by atoms with Crippen molar-refractivity contribution in [2.24, 2.45) is 16.9 Å². The number of amides is 3. The van der Waals surface area contributed by atoms with Crippen LogP contribution in [0.1, 0.15) is 100 Å². The normalized spacial score (nSPS) is 28.8. The minimum atomic E-state index is -5.52. The Morgan fingerprint density at radius 3 is 2.17 bits per heavy atom. The highest BCUT2D eigenvalue weighted by Gasteiger charge is 2.61. The number of phosphoric acid groups is 1. The highest BCUT2D eigenvalue weighted by Crippen LogP contribution is 2.48. The number of ether oxygens (including phenoxy) is 5. The third kappa shape index (κ3) is 19.4. The summed E-state index contributed by atoms with van der Waals surface area (Å²) in [6, 6.07) is -1.66. The second-order valence-corrected chi connectivity index (χ2v) is 19.1. The molecule has 2 aliphatic rings. The largest absolute Gasteiger partial charge is 0.479 e. The molecule has 0 bridgehead atoms. The lowest BCUT2D eigenvalue weighted by Gasteiger charge is -2.50. The Morgan fingerprint density at radius 1 is 0.955 bits per heavy atom. The molecule has 2 aliphatic heterocycles. The second kappa shape index (κ2) is 26.6. The Hall–Kier alpha value is -3.83. The predicted molar refractivity (Wildman–Crippen MR) is 239 cm³/mol. The van der Waals surface area contributed by atoms with Gasteiger partial charge in [0.05, 0.1) is 19.8 Å². The number of hydrogen-bond donors (Lipinski definition) is 9. The van der Waals surface area contributed by atoms with Gasteiger partial charge in [0.15, 0.2) is 37.0 Å². The van der Waals surface area contributed by atoms with E-state index in [2.05, 4.69) is 70.8 Å². The molecule has 12 atom stereocenters. The predicted octanol–water partition coefficient (Wildman–Crippen LogP) is 3.07. The average Bonchev–Trinajstić information content (AvgIpc) is 3.20. The van der Waals surface area contributed by atoms with Crippen LogP contribution in [0.3, 0.4) is 0 Å². The van der Waals surface area contributed by atoms with Crippen molar-refractivity contribution in [1.82, 2.24) is 5.32 Å². The fourth-order valence-corrected chi connectivity index (χ4v) is 7.75. The first-order valence-corrected chi connectivity index (χ1v) is 23.1. The Bertz CT molecular complexity index is 1830. The van der Waals surface area contributed by atoms with Crippen molar-refractivity contribution >= 4 is 31.7 Å². The lowest BCUT2D eigenvalue weighted by molar-refractivity contribution is -0.352. The zero-order chi connectivity index (χ0) is 50.2. The van der Waals surface area contributed by atoms with E-state index < -0.39 is 112 Å². The minimum Gasteiger partial charge on any atom is -0.479 e. The molecule has 0 aromatic rings. The fourth-order valence-electron chi connectivity index (χ4n) is 6.93. The molecule has 376 valence electrons. The van der Waals surface area contributed by atoms with Crippen LogP contribution in [0.15, 0.2) is 59.3 Å². The molecular formula is C44H72N3O18P. The van der Waals surface area contributed by atoms with Crippen molar-refractivity contribution in [3.8, 4) is 0 Å². The molecule has 21 nitrogen and oxygen atoms in total. The molecular weight excluding hydrogens is 889 g/mol. The summed E-state index contributed by atoms with van der Waals surface area (Å²) < 4.78 is 50.8. The van der Waals surface area contributed by atoms with E-state index in [0.29, 0.717) is 12.8 Å². The summed E-state index contributed by atoms with van der Waals surface area (Å²) in [5.74, 6) is -3.76. The number of phosphoric ester groups is 1. The molecule has 2 rings (SSSR count). The van der Waals surface area contributed by atoms with Crippen molar-refractivity contribution in [1.29, 1.82) is 0 Å². The highest BCUT2D eigenvalue weighted by atomic mass is 31.2. The number of rotatable bonds is 27. The second-order valence-electron chi connectivity index (χ2n) is 17.7. The molecule has 5 unspecified atom stereocenters. The summed E-state index contributed by atoms with van der Waals surface area (Å²) in [5.41, 5.74) is 12.7. The molecule has 0 aromatic heterocycles. The standard InChI is InChI=1S/C44H72N3O18P/c1-25(2)13-12-15-26(3)16-17-28(5)18-21-43(7,8)20-11-10-14-27(4)19-22-59-31(39(53)54)24-60-66(57,58)65-41-35(36(64-42(46)55)44(9,56)37(63-41)38(45)52)62-40-32(47-29(6)49)34(51)33(50)30(23-48)61-40/h11,13,16,19-20,30-37,40-41,48,50-51,56H,5,10,12,14-15,17-18,21-24H2,1-4,6-9H3,(H2,45,52)(H2,46,55)(H,47,49)(H,53,54)(H,57,58)/b20-11+,26-16+,27-19-/t30?,31-,32?,33-,34-,35?,36-,37?,40+,41-,44+/m1/s1. The Morgan fingerprint density at radius 2 is 1.59 bits per heavy atom. The first-order chi connectivity index (χ1) is 30.6. The lowest BCUT2D eigenvalue weighted by atomic mass is 9.85. The summed E-state index contributed by atoms with van der Waals surface area (Å²) in [7, 11) is -5.52. The van der Waals surface area contributed by atoms with Gasteiger partial charge in [0.2, 0.25) is 11.8 Å². The Labute approximate surface area is 386 Å². The van der Waals surface area contributed by atoms with Gasteiger partial charge in [-0.05, 0) is 85.0 Å². The average molecular weight is 962 g/mol. The van der Waals surface area contributed by atoms with Crippen LogP contribution in [-0.4, -0.2) is 141 Å². The number of carboxylic acids is 1. The van der Waals surface area contributed by atoms with Crippen LogP contribution in [0.25, 0.3) is 0 Å². The van der Waals surface area contributed by atoms with E-state index in [1.807, 2.05) is 6.92 Å². The number of primary amides is 2. The third-order valence-corrected chi connectivity index (χ3v) is 11.8. The number of carboxylic acid groups (broad SMARTS) is 1. The van der Waals surface area contributed by atoms with Crippen LogP contribution in [0.2, 0.25) is 0 Å². The number of allylic oxidation sites excluding steroid dienone is 8. The SMILES string of the molecule is C=C(C/C=C(\C)CCC=C(C)C)CCC(C)(C)/C=C/CC/C(C)=C\CO[C@H](COP(=O)(O)O[C@H]1OC(C(N)=O)[C@@](C)(O)[C@H](OC(N)=O)C1O[C@@H]1OC(CO)[C@@H](O)[C@H](O)C1NC(C)=O)C(=O)O. The van der Waals surface area contributed by atoms with Gasteiger partial charge >= 0.3 is 19.9 Å². The molecule has 0 radical (unpaired) electrons. The van der Waals surface area contributed by atoms with Gasteiger partial charge in [0.1, 0.15) is 30.0 Å². The molecule has 11 N–H and O–H groups in total. The van der Waals surface area contributed by atoms with Gasteiger partial charge in [-0.15, -0.1) is 0 Å². The molecule has 3 amide bonds. The van der Waals surface area contributed by atoms with Gasteiger partial charge in [-0.3, -0.25) is 18.6 Å². The van der Waals surface area contributed by atoms with Crippen LogP contribution >= 0.6 is 7.82 Å². The first kappa shape index (κ1) is 58.3. The highest BCUT2D eigenvalue weighted by molar-refractivity contribution is 7.47. The zero-order valence-electron chi connectivity index (χ0n) is 39.1. The van der Waals surface area contributed by atoms with Crippen molar-refractivity contribution in [3.63, 3.8) is 0 Å². The van der Waals surface area contributed by atoms with Crippen molar-refractivity contribution in [2.45, 2.75) is 167 Å².